The fraction of sp³-hybridized carbons (Fsp3) is 0.214. The van der Waals surface area contributed by atoms with Crippen LogP contribution in [0.4, 0.5) is 5.82 Å². The van der Waals surface area contributed by atoms with Gasteiger partial charge in [-0.25, -0.2) is 4.98 Å². The zero-order chi connectivity index (χ0) is 13.7. The molecule has 19 heavy (non-hydrogen) atoms. The molecule has 2 aromatic rings. The highest BCUT2D eigenvalue weighted by molar-refractivity contribution is 5.93. The first-order valence-electron chi connectivity index (χ1n) is 6.16. The maximum atomic E-state index is 7.44. The van der Waals surface area contributed by atoms with Gasteiger partial charge in [-0.1, -0.05) is 6.07 Å². The molecule has 2 rings (SSSR count). The average molecular weight is 255 g/mol. The van der Waals surface area contributed by atoms with Gasteiger partial charge in [-0.05, 0) is 36.8 Å². The first kappa shape index (κ1) is 13.0. The molecule has 2 aromatic heterocycles. The molecule has 0 aliphatic heterocycles. The molecule has 0 fully saturated rings. The van der Waals surface area contributed by atoms with Gasteiger partial charge >= 0.3 is 0 Å². The second-order valence-corrected chi connectivity index (χ2v) is 4.16. The molecule has 0 saturated heterocycles. The average Bonchev–Trinajstić information content (AvgIpc) is 2.46. The standard InChI is InChI=1S/C14H17N5/c1-2-19(10-11-6-8-17-9-7-11)13-5-3-4-12(18-13)14(15)16/h3-9H,2,10H2,1H3,(H3,15,16). The molecule has 0 bridgehead atoms. The van der Waals surface area contributed by atoms with E-state index in [0.717, 1.165) is 18.9 Å². The van der Waals surface area contributed by atoms with Crippen molar-refractivity contribution in [1.82, 2.24) is 9.97 Å². The van der Waals surface area contributed by atoms with Crippen molar-refractivity contribution in [1.29, 1.82) is 5.41 Å². The summed E-state index contributed by atoms with van der Waals surface area (Å²) < 4.78 is 0. The number of nitrogens with one attached hydrogen (secondary N) is 1. The summed E-state index contributed by atoms with van der Waals surface area (Å²) in [5.74, 6) is 0.814. The van der Waals surface area contributed by atoms with Gasteiger partial charge in [0.05, 0.1) is 0 Å². The van der Waals surface area contributed by atoms with E-state index < -0.39 is 0 Å². The number of amidine groups is 1. The molecule has 0 atom stereocenters. The van der Waals surface area contributed by atoms with E-state index in [1.165, 1.54) is 5.56 Å². The molecule has 0 radical (unpaired) electrons. The fourth-order valence-corrected chi connectivity index (χ4v) is 1.81. The van der Waals surface area contributed by atoms with E-state index in [1.54, 1.807) is 18.5 Å². The molecule has 0 amide bonds. The minimum Gasteiger partial charge on any atom is -0.382 e. The number of hydrogen-bond donors (Lipinski definition) is 2. The van der Waals surface area contributed by atoms with Gasteiger partial charge in [-0.15, -0.1) is 0 Å². The number of nitrogens with zero attached hydrogens (tertiary/aromatic N) is 3. The first-order chi connectivity index (χ1) is 9.20. The predicted molar refractivity (Wildman–Crippen MR) is 76.2 cm³/mol. The molecule has 0 aromatic carbocycles. The van der Waals surface area contributed by atoms with Crippen molar-refractivity contribution in [3.8, 4) is 0 Å². The summed E-state index contributed by atoms with van der Waals surface area (Å²) in [4.78, 5) is 10.5. The van der Waals surface area contributed by atoms with Gasteiger partial charge < -0.3 is 10.6 Å². The minimum absolute atomic E-state index is 0.0122. The van der Waals surface area contributed by atoms with Crippen molar-refractivity contribution in [2.24, 2.45) is 5.73 Å². The number of nitrogens with two attached hydrogens (primary N) is 1. The predicted octanol–water partition coefficient (Wildman–Crippen LogP) is 1.79. The minimum atomic E-state index is -0.0122. The number of rotatable bonds is 5. The SMILES string of the molecule is CCN(Cc1ccncc1)c1cccc(C(=N)N)n1. The lowest BCUT2D eigenvalue weighted by atomic mass is 10.2. The van der Waals surface area contributed by atoms with E-state index >= 15 is 0 Å². The van der Waals surface area contributed by atoms with E-state index in [1.807, 2.05) is 24.3 Å². The Hall–Kier alpha value is -2.43. The third-order valence-corrected chi connectivity index (χ3v) is 2.84. The number of hydrogen-bond acceptors (Lipinski definition) is 4. The second kappa shape index (κ2) is 5.95. The van der Waals surface area contributed by atoms with Crippen molar-refractivity contribution >= 4 is 11.7 Å². The van der Waals surface area contributed by atoms with Crippen molar-refractivity contribution in [2.45, 2.75) is 13.5 Å². The summed E-state index contributed by atoms with van der Waals surface area (Å²) in [6.07, 6.45) is 3.56. The number of pyridine rings is 2. The summed E-state index contributed by atoms with van der Waals surface area (Å²) in [5.41, 5.74) is 7.15. The Morgan fingerprint density at radius 2 is 2.00 bits per heavy atom. The van der Waals surface area contributed by atoms with Gasteiger partial charge in [-0.2, -0.15) is 0 Å². The van der Waals surface area contributed by atoms with E-state index in [9.17, 15) is 0 Å². The normalized spacial score (nSPS) is 10.2. The molecule has 5 nitrogen and oxygen atoms in total. The van der Waals surface area contributed by atoms with Gasteiger partial charge in [0.15, 0.2) is 0 Å². The molecule has 98 valence electrons. The quantitative estimate of drug-likeness (QED) is 0.630. The van der Waals surface area contributed by atoms with E-state index in [4.69, 9.17) is 11.1 Å². The Labute approximate surface area is 112 Å². The van der Waals surface area contributed by atoms with Gasteiger partial charge in [0, 0.05) is 25.5 Å². The van der Waals surface area contributed by atoms with Crippen LogP contribution in [0, 0.1) is 5.41 Å². The van der Waals surface area contributed by atoms with Crippen LogP contribution in [0.1, 0.15) is 18.2 Å². The van der Waals surface area contributed by atoms with Gasteiger partial charge in [0.2, 0.25) is 0 Å². The fourth-order valence-electron chi connectivity index (χ4n) is 1.81. The Kier molecular flexibility index (Phi) is 4.07. The Morgan fingerprint density at radius 3 is 2.63 bits per heavy atom. The number of nitrogen functional groups attached to an aromatic ring is 1. The van der Waals surface area contributed by atoms with Crippen molar-refractivity contribution in [3.05, 3.63) is 54.0 Å². The lowest BCUT2D eigenvalue weighted by molar-refractivity contribution is 0.811. The molecule has 0 spiro atoms. The van der Waals surface area contributed by atoms with Gasteiger partial charge in [0.25, 0.3) is 0 Å². The summed E-state index contributed by atoms with van der Waals surface area (Å²) >= 11 is 0. The van der Waals surface area contributed by atoms with Crippen LogP contribution < -0.4 is 10.6 Å². The molecule has 3 N–H and O–H groups in total. The van der Waals surface area contributed by atoms with Crippen molar-refractivity contribution < 1.29 is 0 Å². The van der Waals surface area contributed by atoms with E-state index in [0.29, 0.717) is 5.69 Å². The molecular weight excluding hydrogens is 238 g/mol. The van der Waals surface area contributed by atoms with Crippen LogP contribution in [0.5, 0.6) is 0 Å². The smallest absolute Gasteiger partial charge is 0.141 e. The lowest BCUT2D eigenvalue weighted by Crippen LogP contribution is -2.24. The van der Waals surface area contributed by atoms with E-state index in [2.05, 4.69) is 21.8 Å². The summed E-state index contributed by atoms with van der Waals surface area (Å²) in [5, 5.41) is 7.44. The molecule has 0 unspecified atom stereocenters. The largest absolute Gasteiger partial charge is 0.382 e. The molecule has 0 aliphatic rings. The van der Waals surface area contributed by atoms with Crippen molar-refractivity contribution in [3.63, 3.8) is 0 Å². The Balaban J connectivity index is 2.22. The maximum absolute atomic E-state index is 7.44. The highest BCUT2D eigenvalue weighted by Gasteiger charge is 2.08. The van der Waals surface area contributed by atoms with Crippen LogP contribution in [0.3, 0.4) is 0 Å². The van der Waals surface area contributed by atoms with Crippen LogP contribution in [-0.4, -0.2) is 22.3 Å². The van der Waals surface area contributed by atoms with Crippen LogP contribution in [0.25, 0.3) is 0 Å². The monoisotopic (exact) mass is 255 g/mol. The zero-order valence-corrected chi connectivity index (χ0v) is 10.9. The van der Waals surface area contributed by atoms with Crippen LogP contribution in [-0.2, 0) is 6.54 Å². The topological polar surface area (TPSA) is 78.9 Å². The molecule has 0 saturated carbocycles. The first-order valence-corrected chi connectivity index (χ1v) is 6.16. The van der Waals surface area contributed by atoms with E-state index in [-0.39, 0.29) is 5.84 Å². The molecule has 5 heteroatoms. The lowest BCUT2D eigenvalue weighted by Gasteiger charge is -2.22. The number of aromatic nitrogens is 2. The maximum Gasteiger partial charge on any atom is 0.141 e. The summed E-state index contributed by atoms with van der Waals surface area (Å²) in [6, 6.07) is 9.51. The van der Waals surface area contributed by atoms with Crippen LogP contribution in [0.15, 0.2) is 42.7 Å². The molecule has 2 heterocycles. The molecule has 0 aliphatic carbocycles. The third-order valence-electron chi connectivity index (χ3n) is 2.84. The van der Waals surface area contributed by atoms with Crippen molar-refractivity contribution in [2.75, 3.05) is 11.4 Å². The second-order valence-electron chi connectivity index (χ2n) is 4.16. The highest BCUT2D eigenvalue weighted by Crippen LogP contribution is 2.14. The zero-order valence-electron chi connectivity index (χ0n) is 10.9. The van der Waals surface area contributed by atoms with Gasteiger partial charge in [0.1, 0.15) is 17.3 Å². The van der Waals surface area contributed by atoms with Crippen LogP contribution >= 0.6 is 0 Å². The van der Waals surface area contributed by atoms with Crippen LogP contribution in [0.2, 0.25) is 0 Å². The third kappa shape index (κ3) is 3.28. The number of anilines is 1. The van der Waals surface area contributed by atoms with Gasteiger partial charge in [-0.3, -0.25) is 10.4 Å². The Bertz CT molecular complexity index is 553. The molecular formula is C14H17N5. The summed E-state index contributed by atoms with van der Waals surface area (Å²) in [6.45, 7) is 3.66. The Morgan fingerprint density at radius 1 is 1.26 bits per heavy atom. The highest BCUT2D eigenvalue weighted by atomic mass is 15.2. The summed E-state index contributed by atoms with van der Waals surface area (Å²) in [7, 11) is 0.